The third kappa shape index (κ3) is 4.22. The number of aromatic nitrogens is 1. The summed E-state index contributed by atoms with van der Waals surface area (Å²) in [5.41, 5.74) is -0.319. The van der Waals surface area contributed by atoms with Gasteiger partial charge in [0.15, 0.2) is 0 Å². The molecule has 5 rings (SSSR count). The van der Waals surface area contributed by atoms with Gasteiger partial charge in [0.2, 0.25) is 5.88 Å². The van der Waals surface area contributed by atoms with Crippen molar-refractivity contribution in [2.24, 2.45) is 5.92 Å². The number of piperidine rings is 3. The van der Waals surface area contributed by atoms with Crippen LogP contribution >= 0.6 is 0 Å². The van der Waals surface area contributed by atoms with E-state index in [-0.39, 0.29) is 17.8 Å². The summed E-state index contributed by atoms with van der Waals surface area (Å²) in [4.78, 5) is 18.7. The molecule has 0 spiro atoms. The van der Waals surface area contributed by atoms with Crippen molar-refractivity contribution in [3.05, 3.63) is 53.7 Å². The average molecular weight is 405 g/mol. The van der Waals surface area contributed by atoms with Crippen LogP contribution in [0.2, 0.25) is 0 Å². The van der Waals surface area contributed by atoms with Gasteiger partial charge >= 0.3 is 6.18 Å². The van der Waals surface area contributed by atoms with Gasteiger partial charge in [-0.05, 0) is 69.1 Å². The van der Waals surface area contributed by atoms with Gasteiger partial charge in [-0.3, -0.25) is 9.69 Å². The number of fused-ring (bicyclic) bond motifs is 3. The van der Waals surface area contributed by atoms with E-state index in [1.807, 2.05) is 0 Å². The fraction of sp³-hybridized carbons (Fsp3) is 0.429. The number of hydrogen-bond donors (Lipinski definition) is 1. The molecule has 1 aromatic carbocycles. The van der Waals surface area contributed by atoms with Crippen molar-refractivity contribution in [2.75, 3.05) is 13.1 Å². The largest absolute Gasteiger partial charge is 0.439 e. The summed E-state index contributed by atoms with van der Waals surface area (Å²) in [6, 6.07) is 9.05. The van der Waals surface area contributed by atoms with Crippen molar-refractivity contribution in [3.63, 3.8) is 0 Å². The first-order valence-corrected chi connectivity index (χ1v) is 9.67. The Morgan fingerprint density at radius 2 is 1.83 bits per heavy atom. The molecule has 154 valence electrons. The van der Waals surface area contributed by atoms with Crippen LogP contribution < -0.4 is 10.1 Å². The molecule has 3 aliphatic rings. The molecule has 1 N–H and O–H groups in total. The fourth-order valence-electron chi connectivity index (χ4n) is 4.18. The Morgan fingerprint density at radius 3 is 2.38 bits per heavy atom. The second-order valence-corrected chi connectivity index (χ2v) is 7.62. The standard InChI is InChI=1S/C21H22F3N3O2/c1-13-19(14-8-10-27(13)11-9-14)26-20(28)15-2-5-17(6-3-15)29-18-7-4-16(12-25-18)21(22,23)24/h2-7,12-14,19H,8-11H2,1H3,(H,26,28)/t13-,19-/m0/s1. The highest BCUT2D eigenvalue weighted by molar-refractivity contribution is 5.94. The van der Waals surface area contributed by atoms with E-state index >= 15 is 0 Å². The van der Waals surface area contributed by atoms with Crippen molar-refractivity contribution in [3.8, 4) is 11.6 Å². The summed E-state index contributed by atoms with van der Waals surface area (Å²) < 4.78 is 43.2. The highest BCUT2D eigenvalue weighted by atomic mass is 19.4. The van der Waals surface area contributed by atoms with Gasteiger partial charge in [0.05, 0.1) is 5.56 Å². The van der Waals surface area contributed by atoms with Crippen LogP contribution in [0.1, 0.15) is 35.7 Å². The van der Waals surface area contributed by atoms with E-state index in [4.69, 9.17) is 4.74 Å². The zero-order valence-electron chi connectivity index (χ0n) is 15.9. The molecule has 2 atom stereocenters. The summed E-state index contributed by atoms with van der Waals surface area (Å²) >= 11 is 0. The molecule has 2 aromatic rings. The molecule has 1 aromatic heterocycles. The van der Waals surface area contributed by atoms with Crippen LogP contribution in [0.3, 0.4) is 0 Å². The van der Waals surface area contributed by atoms with Crippen LogP contribution in [0.4, 0.5) is 13.2 Å². The van der Waals surface area contributed by atoms with Crippen LogP contribution in [0.25, 0.3) is 0 Å². The first kappa shape index (κ1) is 19.7. The number of nitrogens with zero attached hydrogens (tertiary/aromatic N) is 2. The van der Waals surface area contributed by atoms with E-state index < -0.39 is 11.7 Å². The number of benzene rings is 1. The lowest BCUT2D eigenvalue weighted by atomic mass is 9.79. The highest BCUT2D eigenvalue weighted by Gasteiger charge is 2.40. The molecule has 29 heavy (non-hydrogen) atoms. The maximum atomic E-state index is 12.6. The SMILES string of the molecule is C[C@H]1[C@H](NC(=O)c2ccc(Oc3ccc(C(F)(F)F)cn3)cc2)C2CCN1CC2. The minimum Gasteiger partial charge on any atom is -0.439 e. The van der Waals surface area contributed by atoms with E-state index in [1.165, 1.54) is 0 Å². The zero-order chi connectivity index (χ0) is 20.6. The Bertz CT molecular complexity index is 858. The van der Waals surface area contributed by atoms with E-state index in [0.29, 0.717) is 23.3 Å². The number of ether oxygens (including phenoxy) is 1. The van der Waals surface area contributed by atoms with Crippen LogP contribution in [-0.2, 0) is 6.18 Å². The van der Waals surface area contributed by atoms with Crippen molar-refractivity contribution < 1.29 is 22.7 Å². The first-order valence-electron chi connectivity index (χ1n) is 9.67. The van der Waals surface area contributed by atoms with Gasteiger partial charge in [-0.25, -0.2) is 4.98 Å². The molecule has 3 aliphatic heterocycles. The van der Waals surface area contributed by atoms with E-state index in [0.717, 1.165) is 44.3 Å². The second-order valence-electron chi connectivity index (χ2n) is 7.62. The van der Waals surface area contributed by atoms with Crippen molar-refractivity contribution in [2.45, 2.75) is 38.0 Å². The number of rotatable bonds is 4. The van der Waals surface area contributed by atoms with E-state index in [9.17, 15) is 18.0 Å². The number of alkyl halides is 3. The summed E-state index contributed by atoms with van der Waals surface area (Å²) in [5.74, 6) is 0.837. The minimum absolute atomic E-state index is 0.0521. The monoisotopic (exact) mass is 405 g/mol. The Morgan fingerprint density at radius 1 is 1.14 bits per heavy atom. The molecule has 0 radical (unpaired) electrons. The topological polar surface area (TPSA) is 54.5 Å². The van der Waals surface area contributed by atoms with Crippen LogP contribution in [0.15, 0.2) is 42.6 Å². The molecule has 0 unspecified atom stereocenters. The highest BCUT2D eigenvalue weighted by Crippen LogP contribution is 2.32. The van der Waals surface area contributed by atoms with Crippen molar-refractivity contribution >= 4 is 5.91 Å². The predicted molar refractivity (Wildman–Crippen MR) is 101 cm³/mol. The quantitative estimate of drug-likeness (QED) is 0.832. The zero-order valence-corrected chi connectivity index (χ0v) is 15.9. The van der Waals surface area contributed by atoms with Crippen molar-refractivity contribution in [1.29, 1.82) is 0 Å². The number of hydrogen-bond acceptors (Lipinski definition) is 4. The Hall–Kier alpha value is -2.61. The molecule has 5 nitrogen and oxygen atoms in total. The minimum atomic E-state index is -4.44. The second kappa shape index (κ2) is 7.67. The molecule has 8 heteroatoms. The summed E-state index contributed by atoms with van der Waals surface area (Å²) in [6.45, 7) is 4.36. The van der Waals surface area contributed by atoms with Crippen LogP contribution in [-0.4, -0.2) is 41.0 Å². The van der Waals surface area contributed by atoms with Crippen LogP contribution in [0.5, 0.6) is 11.6 Å². The lowest BCUT2D eigenvalue weighted by Gasteiger charge is -2.49. The Balaban J connectivity index is 1.38. The lowest BCUT2D eigenvalue weighted by molar-refractivity contribution is -0.137. The fourth-order valence-corrected chi connectivity index (χ4v) is 4.18. The average Bonchev–Trinajstić information content (AvgIpc) is 2.71. The van der Waals surface area contributed by atoms with Gasteiger partial charge in [-0.1, -0.05) is 0 Å². The normalized spacial score (nSPS) is 26.2. The Labute approximate surface area is 166 Å². The summed E-state index contributed by atoms with van der Waals surface area (Å²) in [5, 5.41) is 3.17. The van der Waals surface area contributed by atoms with Crippen LogP contribution in [0, 0.1) is 5.92 Å². The molecule has 0 saturated carbocycles. The Kier molecular flexibility index (Phi) is 5.21. The summed E-state index contributed by atoms with van der Waals surface area (Å²) in [6.07, 6.45) is -1.48. The molecular formula is C21H22F3N3O2. The maximum absolute atomic E-state index is 12.6. The number of pyridine rings is 1. The molecule has 1 amide bonds. The van der Waals surface area contributed by atoms with Gasteiger partial charge in [-0.15, -0.1) is 0 Å². The van der Waals surface area contributed by atoms with Gasteiger partial charge in [0.25, 0.3) is 5.91 Å². The van der Waals surface area contributed by atoms with Gasteiger partial charge in [0, 0.05) is 29.9 Å². The van der Waals surface area contributed by atoms with E-state index in [1.54, 1.807) is 24.3 Å². The smallest absolute Gasteiger partial charge is 0.417 e. The number of halogens is 3. The molecule has 3 saturated heterocycles. The van der Waals surface area contributed by atoms with Gasteiger partial charge in [-0.2, -0.15) is 13.2 Å². The summed E-state index contributed by atoms with van der Waals surface area (Å²) in [7, 11) is 0. The number of amides is 1. The van der Waals surface area contributed by atoms with Gasteiger partial charge < -0.3 is 10.1 Å². The predicted octanol–water partition coefficient (Wildman–Crippen LogP) is 4.11. The van der Waals surface area contributed by atoms with E-state index in [2.05, 4.69) is 22.1 Å². The maximum Gasteiger partial charge on any atom is 0.417 e. The first-order chi connectivity index (χ1) is 13.8. The molecular weight excluding hydrogens is 383 g/mol. The van der Waals surface area contributed by atoms with Gasteiger partial charge in [0.1, 0.15) is 5.75 Å². The molecule has 3 fully saturated rings. The number of carbonyl (C=O) groups excluding carboxylic acids is 1. The van der Waals surface area contributed by atoms with Crippen molar-refractivity contribution in [1.82, 2.24) is 15.2 Å². The third-order valence-corrected chi connectivity index (χ3v) is 5.88. The molecule has 2 bridgehead atoms. The third-order valence-electron chi connectivity index (χ3n) is 5.88. The lowest BCUT2D eigenvalue weighted by Crippen LogP contribution is -2.62. The molecule has 4 heterocycles. The number of carbonyl (C=O) groups is 1. The number of nitrogens with one attached hydrogen (secondary N) is 1. The molecule has 0 aliphatic carbocycles.